The van der Waals surface area contributed by atoms with Gasteiger partial charge in [-0.05, 0) is 12.1 Å². The molecule has 0 saturated heterocycles. The second-order valence-corrected chi connectivity index (χ2v) is 4.04. The van der Waals surface area contributed by atoms with Crippen LogP contribution in [0.1, 0.15) is 10.7 Å². The van der Waals surface area contributed by atoms with Gasteiger partial charge in [0.25, 0.3) is 0 Å². The number of fused-ring (bicyclic) bond motifs is 1. The Morgan fingerprint density at radius 3 is 2.95 bits per heavy atom. The van der Waals surface area contributed by atoms with Crippen LogP contribution in [0.3, 0.4) is 0 Å². The highest BCUT2D eigenvalue weighted by molar-refractivity contribution is 6.31. The van der Waals surface area contributed by atoms with Crippen LogP contribution < -0.4 is 5.32 Å². The fraction of sp³-hybridized carbons (Fsp3) is 0. The van der Waals surface area contributed by atoms with Crippen LogP contribution in [0.5, 0.6) is 0 Å². The number of benzene rings is 1. The van der Waals surface area contributed by atoms with E-state index in [0.717, 1.165) is 6.26 Å². The normalized spacial score (nSPS) is 10.8. The van der Waals surface area contributed by atoms with Crippen molar-refractivity contribution in [3.63, 3.8) is 0 Å². The highest BCUT2D eigenvalue weighted by Crippen LogP contribution is 2.24. The number of carboxylic acids is 1. The molecule has 96 valence electrons. The number of carbonyl (C=O) groups is 1. The zero-order valence-electron chi connectivity index (χ0n) is 9.25. The minimum Gasteiger partial charge on any atom is -0.474 e. The van der Waals surface area contributed by atoms with Crippen molar-refractivity contribution in [3.8, 4) is 0 Å². The summed E-state index contributed by atoms with van der Waals surface area (Å²) in [5, 5.41) is 11.9. The summed E-state index contributed by atoms with van der Waals surface area (Å²) in [6.45, 7) is 0. The molecule has 3 rings (SSSR count). The van der Waals surface area contributed by atoms with Gasteiger partial charge in [-0.3, -0.25) is 5.32 Å². The second-order valence-electron chi connectivity index (χ2n) is 3.60. The Kier molecular flexibility index (Phi) is 2.60. The van der Waals surface area contributed by atoms with E-state index in [0.29, 0.717) is 16.1 Å². The van der Waals surface area contributed by atoms with Gasteiger partial charge in [-0.25, -0.2) is 4.79 Å². The lowest BCUT2D eigenvalue weighted by Crippen LogP contribution is -1.97. The van der Waals surface area contributed by atoms with E-state index < -0.39 is 11.9 Å². The molecule has 0 fully saturated rings. The molecule has 0 aliphatic carbocycles. The number of oxazole rings is 2. The van der Waals surface area contributed by atoms with Crippen LogP contribution in [0.15, 0.2) is 33.3 Å². The molecule has 0 aliphatic heterocycles. The van der Waals surface area contributed by atoms with Crippen LogP contribution in [0.4, 0.5) is 11.8 Å². The van der Waals surface area contributed by atoms with Gasteiger partial charge < -0.3 is 13.9 Å². The summed E-state index contributed by atoms with van der Waals surface area (Å²) in [7, 11) is 0. The smallest absolute Gasteiger partial charge is 0.392 e. The van der Waals surface area contributed by atoms with E-state index in [2.05, 4.69) is 15.3 Å². The maximum absolute atomic E-state index is 10.6. The molecular formula is C11H6ClN3O4. The quantitative estimate of drug-likeness (QED) is 0.760. The zero-order chi connectivity index (χ0) is 13.4. The Labute approximate surface area is 110 Å². The SMILES string of the molecule is O=C(O)c1nc(Nc2nc3ccc(Cl)cc3o2)co1. The molecule has 8 heteroatoms. The van der Waals surface area contributed by atoms with Gasteiger partial charge in [0.2, 0.25) is 0 Å². The number of hydrogen-bond donors (Lipinski definition) is 2. The van der Waals surface area contributed by atoms with E-state index in [1.165, 1.54) is 0 Å². The molecule has 0 atom stereocenters. The van der Waals surface area contributed by atoms with Crippen molar-refractivity contribution in [2.24, 2.45) is 0 Å². The molecule has 0 amide bonds. The Hall–Kier alpha value is -2.54. The molecule has 7 nitrogen and oxygen atoms in total. The third kappa shape index (κ3) is 2.23. The minimum absolute atomic E-state index is 0.169. The Morgan fingerprint density at radius 1 is 1.37 bits per heavy atom. The fourth-order valence-electron chi connectivity index (χ4n) is 1.49. The van der Waals surface area contributed by atoms with Gasteiger partial charge in [-0.15, -0.1) is 0 Å². The van der Waals surface area contributed by atoms with E-state index in [9.17, 15) is 4.79 Å². The number of aromatic carboxylic acids is 1. The molecule has 2 heterocycles. The third-order valence-corrected chi connectivity index (χ3v) is 2.51. The predicted molar refractivity (Wildman–Crippen MR) is 65.8 cm³/mol. The Balaban J connectivity index is 1.89. The monoisotopic (exact) mass is 279 g/mol. The van der Waals surface area contributed by atoms with Crippen molar-refractivity contribution in [1.29, 1.82) is 0 Å². The number of halogens is 1. The van der Waals surface area contributed by atoms with E-state index in [1.54, 1.807) is 18.2 Å². The van der Waals surface area contributed by atoms with Crippen LogP contribution in [0.2, 0.25) is 5.02 Å². The molecule has 19 heavy (non-hydrogen) atoms. The predicted octanol–water partition coefficient (Wildman–Crippen LogP) is 2.91. The highest BCUT2D eigenvalue weighted by Gasteiger charge is 2.13. The zero-order valence-corrected chi connectivity index (χ0v) is 10.0. The number of anilines is 2. The molecule has 0 bridgehead atoms. The van der Waals surface area contributed by atoms with Crippen LogP contribution in [-0.2, 0) is 0 Å². The number of hydrogen-bond acceptors (Lipinski definition) is 6. The largest absolute Gasteiger partial charge is 0.474 e. The molecule has 2 aromatic heterocycles. The molecule has 3 aromatic rings. The van der Waals surface area contributed by atoms with E-state index in [1.807, 2.05) is 0 Å². The van der Waals surface area contributed by atoms with Crippen molar-refractivity contribution in [2.75, 3.05) is 5.32 Å². The number of aromatic nitrogens is 2. The van der Waals surface area contributed by atoms with Crippen molar-refractivity contribution >= 4 is 40.5 Å². The van der Waals surface area contributed by atoms with Gasteiger partial charge in [0.05, 0.1) is 0 Å². The molecule has 0 saturated carbocycles. The first-order chi connectivity index (χ1) is 9.11. The molecule has 0 aliphatic rings. The first-order valence-corrected chi connectivity index (χ1v) is 5.51. The fourth-order valence-corrected chi connectivity index (χ4v) is 1.65. The topological polar surface area (TPSA) is 101 Å². The number of nitrogens with one attached hydrogen (secondary N) is 1. The van der Waals surface area contributed by atoms with Gasteiger partial charge in [0.15, 0.2) is 11.4 Å². The molecule has 2 N–H and O–H groups in total. The molecule has 0 unspecified atom stereocenters. The number of nitrogens with zero attached hydrogens (tertiary/aromatic N) is 2. The lowest BCUT2D eigenvalue weighted by molar-refractivity contribution is 0.0653. The summed E-state index contributed by atoms with van der Waals surface area (Å²) in [6, 6.07) is 5.19. The molecule has 0 spiro atoms. The average molecular weight is 280 g/mol. The second kappa shape index (κ2) is 4.29. The van der Waals surface area contributed by atoms with Gasteiger partial charge >= 0.3 is 17.9 Å². The maximum atomic E-state index is 10.6. The standard InChI is InChI=1S/C11H6ClN3O4/c12-5-1-2-6-7(3-5)19-11(13-6)15-8-4-18-9(14-8)10(16)17/h1-4H,(H,13,15)(H,16,17). The summed E-state index contributed by atoms with van der Waals surface area (Å²) >= 11 is 5.83. The Bertz CT molecular complexity index is 764. The summed E-state index contributed by atoms with van der Waals surface area (Å²) in [5.74, 6) is -1.48. The summed E-state index contributed by atoms with van der Waals surface area (Å²) in [5.41, 5.74) is 1.13. The van der Waals surface area contributed by atoms with Crippen LogP contribution in [0, 0.1) is 0 Å². The lowest BCUT2D eigenvalue weighted by Gasteiger charge is -1.92. The van der Waals surface area contributed by atoms with Crippen LogP contribution in [0.25, 0.3) is 11.1 Å². The minimum atomic E-state index is -1.25. The van der Waals surface area contributed by atoms with Gasteiger partial charge in [-0.2, -0.15) is 9.97 Å². The molecule has 1 aromatic carbocycles. The van der Waals surface area contributed by atoms with Crippen molar-refractivity contribution in [3.05, 3.63) is 35.4 Å². The number of carboxylic acid groups (broad SMARTS) is 1. The van der Waals surface area contributed by atoms with Crippen LogP contribution in [-0.4, -0.2) is 21.0 Å². The number of rotatable bonds is 3. The maximum Gasteiger partial charge on any atom is 0.392 e. The lowest BCUT2D eigenvalue weighted by atomic mass is 10.3. The summed E-state index contributed by atoms with van der Waals surface area (Å²) in [4.78, 5) is 18.4. The first kappa shape index (κ1) is 11.5. The summed E-state index contributed by atoms with van der Waals surface area (Å²) < 4.78 is 10.1. The van der Waals surface area contributed by atoms with Gasteiger partial charge in [0, 0.05) is 11.1 Å². The van der Waals surface area contributed by atoms with Gasteiger partial charge in [-0.1, -0.05) is 11.6 Å². The van der Waals surface area contributed by atoms with E-state index in [-0.39, 0.29) is 11.8 Å². The van der Waals surface area contributed by atoms with E-state index in [4.69, 9.17) is 25.5 Å². The molecule has 0 radical (unpaired) electrons. The first-order valence-electron chi connectivity index (χ1n) is 5.14. The van der Waals surface area contributed by atoms with Crippen molar-refractivity contribution in [2.45, 2.75) is 0 Å². The highest BCUT2D eigenvalue weighted by atomic mass is 35.5. The van der Waals surface area contributed by atoms with Crippen LogP contribution >= 0.6 is 11.6 Å². The van der Waals surface area contributed by atoms with Crippen molar-refractivity contribution in [1.82, 2.24) is 9.97 Å². The third-order valence-electron chi connectivity index (χ3n) is 2.27. The van der Waals surface area contributed by atoms with Gasteiger partial charge in [0.1, 0.15) is 11.8 Å². The van der Waals surface area contributed by atoms with E-state index >= 15 is 0 Å². The van der Waals surface area contributed by atoms with Crippen molar-refractivity contribution < 1.29 is 18.7 Å². The molecular weight excluding hydrogens is 274 g/mol. The Morgan fingerprint density at radius 2 is 2.21 bits per heavy atom. The average Bonchev–Trinajstić information content (AvgIpc) is 2.95. The summed E-state index contributed by atoms with van der Waals surface area (Å²) in [6.07, 6.45) is 1.16.